The van der Waals surface area contributed by atoms with Crippen LogP contribution < -0.4 is 11.5 Å². The van der Waals surface area contributed by atoms with Crippen LogP contribution in [0.4, 0.5) is 5.82 Å². The fourth-order valence-electron chi connectivity index (χ4n) is 1.52. The lowest BCUT2D eigenvalue weighted by atomic mass is 10.1. The summed E-state index contributed by atoms with van der Waals surface area (Å²) in [5.74, 6) is 0.508. The Morgan fingerprint density at radius 3 is 2.71 bits per heavy atom. The van der Waals surface area contributed by atoms with E-state index >= 15 is 0 Å². The van der Waals surface area contributed by atoms with Gasteiger partial charge in [-0.3, -0.25) is 0 Å². The first-order valence-electron chi connectivity index (χ1n) is 4.25. The highest BCUT2D eigenvalue weighted by atomic mass is 35.5. The second-order valence-electron chi connectivity index (χ2n) is 3.02. The number of halogens is 1. The summed E-state index contributed by atoms with van der Waals surface area (Å²) in [5.41, 5.74) is 12.3. The maximum Gasteiger partial charge on any atom is 0.131 e. The van der Waals surface area contributed by atoms with Gasteiger partial charge in [-0.2, -0.15) is 0 Å². The third-order valence-electron chi connectivity index (χ3n) is 2.23. The second kappa shape index (κ2) is 3.44. The molecule has 0 aliphatic carbocycles. The van der Waals surface area contributed by atoms with Gasteiger partial charge in [0.2, 0.25) is 0 Å². The summed E-state index contributed by atoms with van der Waals surface area (Å²) < 4.78 is 0. The van der Waals surface area contributed by atoms with Crippen LogP contribution in [0.2, 0.25) is 5.02 Å². The molecule has 0 amide bonds. The smallest absolute Gasteiger partial charge is 0.131 e. The molecule has 3 nitrogen and oxygen atoms in total. The molecule has 2 aromatic rings. The van der Waals surface area contributed by atoms with Crippen molar-refractivity contribution < 1.29 is 0 Å². The van der Waals surface area contributed by atoms with Crippen molar-refractivity contribution in [2.24, 2.45) is 5.73 Å². The number of hydrogen-bond donors (Lipinski definition) is 2. The lowest BCUT2D eigenvalue weighted by molar-refractivity contribution is 1.09. The molecule has 0 radical (unpaired) electrons. The molecule has 0 aliphatic heterocycles. The van der Waals surface area contributed by atoms with Gasteiger partial charge in [0.25, 0.3) is 0 Å². The van der Waals surface area contributed by atoms with Gasteiger partial charge in [-0.05, 0) is 29.1 Å². The zero-order chi connectivity index (χ0) is 10.1. The predicted octanol–water partition coefficient (Wildman–Crippen LogP) is 1.93. The van der Waals surface area contributed by atoms with Gasteiger partial charge in [-0.1, -0.05) is 11.6 Å². The summed E-state index contributed by atoms with van der Waals surface area (Å²) in [6.45, 7) is 0.402. The standard InChI is InChI=1S/C10H10ClN3/c11-9-2-1-7-6(8(9)5-12)3-4-14-10(7)13/h1-4H,5,12H2,(H2,13,14). The maximum absolute atomic E-state index is 6.01. The zero-order valence-electron chi connectivity index (χ0n) is 7.50. The molecule has 0 saturated heterocycles. The molecule has 72 valence electrons. The van der Waals surface area contributed by atoms with Gasteiger partial charge < -0.3 is 11.5 Å². The van der Waals surface area contributed by atoms with Crippen LogP contribution in [0.1, 0.15) is 5.56 Å². The molecule has 0 bridgehead atoms. The summed E-state index contributed by atoms with van der Waals surface area (Å²) in [6, 6.07) is 5.53. The highest BCUT2D eigenvalue weighted by Crippen LogP contribution is 2.27. The van der Waals surface area contributed by atoms with E-state index in [1.807, 2.05) is 12.1 Å². The highest BCUT2D eigenvalue weighted by molar-refractivity contribution is 6.32. The van der Waals surface area contributed by atoms with E-state index in [1.165, 1.54) is 0 Å². The van der Waals surface area contributed by atoms with Gasteiger partial charge >= 0.3 is 0 Å². The lowest BCUT2D eigenvalue weighted by Crippen LogP contribution is -2.00. The Labute approximate surface area is 86.7 Å². The minimum Gasteiger partial charge on any atom is -0.383 e. The van der Waals surface area contributed by atoms with E-state index in [1.54, 1.807) is 12.3 Å². The van der Waals surface area contributed by atoms with E-state index in [0.717, 1.165) is 16.3 Å². The molecule has 0 spiro atoms. The molecular formula is C10H10ClN3. The van der Waals surface area contributed by atoms with Crippen molar-refractivity contribution in [1.29, 1.82) is 0 Å². The number of pyridine rings is 1. The van der Waals surface area contributed by atoms with Crippen molar-refractivity contribution in [2.75, 3.05) is 5.73 Å². The third-order valence-corrected chi connectivity index (χ3v) is 2.59. The summed E-state index contributed by atoms with van der Waals surface area (Å²) >= 11 is 6.01. The summed E-state index contributed by atoms with van der Waals surface area (Å²) in [6.07, 6.45) is 1.66. The van der Waals surface area contributed by atoms with Gasteiger partial charge in [-0.25, -0.2) is 4.98 Å². The molecular weight excluding hydrogens is 198 g/mol. The first kappa shape index (κ1) is 9.24. The molecule has 2 rings (SSSR count). The van der Waals surface area contributed by atoms with Gasteiger partial charge in [0.15, 0.2) is 0 Å². The molecule has 0 unspecified atom stereocenters. The van der Waals surface area contributed by atoms with Crippen LogP contribution in [0.25, 0.3) is 10.8 Å². The average Bonchev–Trinajstić information content (AvgIpc) is 2.18. The van der Waals surface area contributed by atoms with Crippen molar-refractivity contribution in [3.8, 4) is 0 Å². The lowest BCUT2D eigenvalue weighted by Gasteiger charge is -2.07. The van der Waals surface area contributed by atoms with E-state index in [0.29, 0.717) is 17.4 Å². The van der Waals surface area contributed by atoms with Crippen LogP contribution in [0.5, 0.6) is 0 Å². The fraction of sp³-hybridized carbons (Fsp3) is 0.100. The second-order valence-corrected chi connectivity index (χ2v) is 3.43. The van der Waals surface area contributed by atoms with E-state index in [-0.39, 0.29) is 0 Å². The highest BCUT2D eigenvalue weighted by Gasteiger charge is 2.06. The number of nitrogen functional groups attached to an aromatic ring is 1. The predicted molar refractivity (Wildman–Crippen MR) is 59.1 cm³/mol. The van der Waals surface area contributed by atoms with Crippen molar-refractivity contribution in [1.82, 2.24) is 4.98 Å². The summed E-state index contributed by atoms with van der Waals surface area (Å²) in [7, 11) is 0. The van der Waals surface area contributed by atoms with Gasteiger partial charge in [-0.15, -0.1) is 0 Å². The van der Waals surface area contributed by atoms with Crippen molar-refractivity contribution in [3.05, 3.63) is 35.0 Å². The third kappa shape index (κ3) is 1.31. The number of anilines is 1. The molecule has 1 aromatic carbocycles. The molecule has 0 aliphatic rings. The molecule has 0 saturated carbocycles. The molecule has 4 heteroatoms. The van der Waals surface area contributed by atoms with Crippen LogP contribution in [0.15, 0.2) is 24.4 Å². The van der Waals surface area contributed by atoms with Crippen LogP contribution in [0.3, 0.4) is 0 Å². The van der Waals surface area contributed by atoms with E-state index < -0.39 is 0 Å². The molecule has 0 fully saturated rings. The quantitative estimate of drug-likeness (QED) is 0.751. The maximum atomic E-state index is 6.01. The Balaban J connectivity index is 2.88. The Kier molecular flexibility index (Phi) is 2.27. The summed E-state index contributed by atoms with van der Waals surface area (Å²) in [5, 5.41) is 2.55. The van der Waals surface area contributed by atoms with E-state index in [4.69, 9.17) is 23.1 Å². The number of benzene rings is 1. The normalized spacial score (nSPS) is 10.7. The topological polar surface area (TPSA) is 64.9 Å². The monoisotopic (exact) mass is 207 g/mol. The van der Waals surface area contributed by atoms with Crippen molar-refractivity contribution >= 4 is 28.2 Å². The fourth-order valence-corrected chi connectivity index (χ4v) is 1.76. The number of hydrogen-bond acceptors (Lipinski definition) is 3. The Morgan fingerprint density at radius 1 is 1.21 bits per heavy atom. The minimum absolute atomic E-state index is 0.402. The van der Waals surface area contributed by atoms with Crippen LogP contribution in [-0.4, -0.2) is 4.98 Å². The summed E-state index contributed by atoms with van der Waals surface area (Å²) in [4.78, 5) is 4.01. The zero-order valence-corrected chi connectivity index (χ0v) is 8.25. The number of rotatable bonds is 1. The van der Waals surface area contributed by atoms with Gasteiger partial charge in [0.1, 0.15) is 5.82 Å². The minimum atomic E-state index is 0.402. The number of nitrogens with two attached hydrogens (primary N) is 2. The number of nitrogens with zero attached hydrogens (tertiary/aromatic N) is 1. The molecule has 4 N–H and O–H groups in total. The molecule has 1 heterocycles. The Hall–Kier alpha value is -1.32. The van der Waals surface area contributed by atoms with Gasteiger partial charge in [0, 0.05) is 23.2 Å². The largest absolute Gasteiger partial charge is 0.383 e. The molecule has 14 heavy (non-hydrogen) atoms. The first-order chi connectivity index (χ1) is 6.74. The first-order valence-corrected chi connectivity index (χ1v) is 4.63. The van der Waals surface area contributed by atoms with Crippen LogP contribution in [0, 0.1) is 0 Å². The van der Waals surface area contributed by atoms with Crippen molar-refractivity contribution in [2.45, 2.75) is 6.54 Å². The van der Waals surface area contributed by atoms with Gasteiger partial charge in [0.05, 0.1) is 0 Å². The SMILES string of the molecule is NCc1c(Cl)ccc2c(N)nccc12. The number of fused-ring (bicyclic) bond motifs is 1. The Bertz CT molecular complexity index is 482. The molecule has 0 atom stereocenters. The molecule has 1 aromatic heterocycles. The van der Waals surface area contributed by atoms with E-state index in [9.17, 15) is 0 Å². The van der Waals surface area contributed by atoms with E-state index in [2.05, 4.69) is 4.98 Å². The average molecular weight is 208 g/mol. The Morgan fingerprint density at radius 2 is 2.00 bits per heavy atom. The van der Waals surface area contributed by atoms with Crippen molar-refractivity contribution in [3.63, 3.8) is 0 Å². The van der Waals surface area contributed by atoms with Crippen LogP contribution >= 0.6 is 11.6 Å². The van der Waals surface area contributed by atoms with Crippen LogP contribution in [-0.2, 0) is 6.54 Å². The number of aromatic nitrogens is 1.